The molecule has 1 rings (SSSR count). The summed E-state index contributed by atoms with van der Waals surface area (Å²) >= 11 is 0. The number of carbonyl (C=O) groups excluding carboxylic acids is 1. The van der Waals surface area contributed by atoms with Crippen LogP contribution in [0.15, 0.2) is 0 Å². The van der Waals surface area contributed by atoms with Gasteiger partial charge in [0.1, 0.15) is 0 Å². The van der Waals surface area contributed by atoms with Crippen molar-refractivity contribution in [1.82, 2.24) is 5.32 Å². The maximum absolute atomic E-state index is 13.4. The van der Waals surface area contributed by atoms with Crippen molar-refractivity contribution in [3.8, 4) is 0 Å². The van der Waals surface area contributed by atoms with Crippen molar-refractivity contribution in [3.63, 3.8) is 0 Å². The predicted octanol–water partition coefficient (Wildman–Crippen LogP) is 1.01. The van der Waals surface area contributed by atoms with Gasteiger partial charge < -0.3 is 10.4 Å². The molecule has 8 heteroatoms. The van der Waals surface area contributed by atoms with E-state index in [-0.39, 0.29) is 6.42 Å². The Kier molecular flexibility index (Phi) is 3.11. The molecule has 0 aromatic rings. The van der Waals surface area contributed by atoms with E-state index >= 15 is 0 Å². The first-order chi connectivity index (χ1) is 7.15. The van der Waals surface area contributed by atoms with Gasteiger partial charge in [-0.05, 0) is 12.8 Å². The van der Waals surface area contributed by atoms with Gasteiger partial charge in [0, 0.05) is 12.5 Å². The number of rotatable bonds is 2. The summed E-state index contributed by atoms with van der Waals surface area (Å²) in [4.78, 5) is 20.9. The van der Waals surface area contributed by atoms with Crippen molar-refractivity contribution in [2.75, 3.05) is 0 Å². The Bertz CT molecular complexity index is 317. The van der Waals surface area contributed by atoms with Gasteiger partial charge in [-0.15, -0.1) is 0 Å². The van der Waals surface area contributed by atoms with Gasteiger partial charge in [-0.2, -0.15) is 13.2 Å². The molecule has 1 saturated carbocycles. The molecule has 0 spiro atoms. The highest BCUT2D eigenvalue weighted by atomic mass is 19.4. The molecule has 2 atom stereocenters. The van der Waals surface area contributed by atoms with E-state index < -0.39 is 42.6 Å². The van der Waals surface area contributed by atoms with Crippen LogP contribution in [-0.4, -0.2) is 34.9 Å². The van der Waals surface area contributed by atoms with Crippen molar-refractivity contribution >= 4 is 11.9 Å². The van der Waals surface area contributed by atoms with Crippen LogP contribution in [0.25, 0.3) is 0 Å². The zero-order valence-corrected chi connectivity index (χ0v) is 7.97. The Hall–Kier alpha value is -1.34. The first-order valence-corrected chi connectivity index (χ1v) is 4.45. The highest BCUT2D eigenvalue weighted by Gasteiger charge is 2.48. The van der Waals surface area contributed by atoms with Crippen LogP contribution in [0.4, 0.5) is 17.6 Å². The lowest BCUT2D eigenvalue weighted by atomic mass is 10.1. The van der Waals surface area contributed by atoms with E-state index in [1.165, 1.54) is 0 Å². The molecule has 0 radical (unpaired) electrons. The third-order valence-electron chi connectivity index (χ3n) is 2.43. The summed E-state index contributed by atoms with van der Waals surface area (Å²) in [5, 5.41) is 10.0. The highest BCUT2D eigenvalue weighted by Crippen LogP contribution is 2.34. The van der Waals surface area contributed by atoms with Crippen molar-refractivity contribution in [3.05, 3.63) is 0 Å². The fraction of sp³-hybridized carbons (Fsp3) is 0.750. The molecule has 0 aliphatic heterocycles. The molecule has 4 nitrogen and oxygen atoms in total. The van der Waals surface area contributed by atoms with Crippen LogP contribution < -0.4 is 5.32 Å². The molecular formula is C8H9F4NO3. The Morgan fingerprint density at radius 2 is 1.94 bits per heavy atom. The molecule has 1 fully saturated rings. The van der Waals surface area contributed by atoms with Gasteiger partial charge in [0.2, 0.25) is 5.67 Å². The molecule has 0 aromatic carbocycles. The number of hydrogen-bond donors (Lipinski definition) is 2. The minimum Gasteiger partial charge on any atom is -0.479 e. The second kappa shape index (κ2) is 3.91. The molecular weight excluding hydrogens is 234 g/mol. The number of hydrogen-bond acceptors (Lipinski definition) is 2. The molecule has 0 bridgehead atoms. The van der Waals surface area contributed by atoms with E-state index in [0.29, 0.717) is 0 Å². The second-order valence-electron chi connectivity index (χ2n) is 3.68. The van der Waals surface area contributed by atoms with E-state index in [0.717, 1.165) is 0 Å². The van der Waals surface area contributed by atoms with E-state index in [1.807, 2.05) is 0 Å². The monoisotopic (exact) mass is 243 g/mol. The average Bonchev–Trinajstić information content (AvgIpc) is 2.47. The van der Waals surface area contributed by atoms with Crippen molar-refractivity contribution in [2.45, 2.75) is 37.1 Å². The fourth-order valence-electron chi connectivity index (χ4n) is 1.58. The standard InChI is InChI=1S/C8H9F4NO3/c9-7(6(15)16)2-1-4(3-7)13-5(14)8(10,11)12/h4H,1-3H2,(H,13,14)(H,15,16). The Balaban J connectivity index is 2.56. The summed E-state index contributed by atoms with van der Waals surface area (Å²) in [6, 6.07) is -1.09. The van der Waals surface area contributed by atoms with Crippen LogP contribution in [0.5, 0.6) is 0 Å². The molecule has 92 valence electrons. The summed E-state index contributed by atoms with van der Waals surface area (Å²) in [6.45, 7) is 0. The zero-order valence-electron chi connectivity index (χ0n) is 7.97. The Labute approximate surface area is 87.6 Å². The van der Waals surface area contributed by atoms with E-state index in [9.17, 15) is 27.2 Å². The van der Waals surface area contributed by atoms with Gasteiger partial charge in [-0.1, -0.05) is 0 Å². The maximum Gasteiger partial charge on any atom is 0.471 e. The first kappa shape index (κ1) is 12.7. The predicted molar refractivity (Wildman–Crippen MR) is 43.3 cm³/mol. The third-order valence-corrected chi connectivity index (χ3v) is 2.43. The number of carbonyl (C=O) groups is 2. The molecule has 2 N–H and O–H groups in total. The third kappa shape index (κ3) is 2.61. The molecule has 1 aliphatic rings. The lowest BCUT2D eigenvalue weighted by Gasteiger charge is -2.16. The molecule has 1 aliphatic carbocycles. The van der Waals surface area contributed by atoms with Crippen LogP contribution >= 0.6 is 0 Å². The van der Waals surface area contributed by atoms with Gasteiger partial charge in [-0.25, -0.2) is 9.18 Å². The van der Waals surface area contributed by atoms with Crippen LogP contribution in [-0.2, 0) is 9.59 Å². The average molecular weight is 243 g/mol. The quantitative estimate of drug-likeness (QED) is 0.711. The lowest BCUT2D eigenvalue weighted by Crippen LogP contribution is -2.43. The minimum absolute atomic E-state index is 0.120. The number of halogens is 4. The highest BCUT2D eigenvalue weighted by molar-refractivity contribution is 5.82. The van der Waals surface area contributed by atoms with Crippen molar-refractivity contribution < 1.29 is 32.3 Å². The summed E-state index contributed by atoms with van der Waals surface area (Å²) < 4.78 is 48.9. The molecule has 16 heavy (non-hydrogen) atoms. The van der Waals surface area contributed by atoms with Crippen LogP contribution in [0, 0.1) is 0 Å². The number of nitrogens with one attached hydrogen (secondary N) is 1. The number of carboxylic acid groups (broad SMARTS) is 1. The van der Waals surface area contributed by atoms with E-state index in [1.54, 1.807) is 5.32 Å². The number of carboxylic acids is 1. The lowest BCUT2D eigenvalue weighted by molar-refractivity contribution is -0.174. The van der Waals surface area contributed by atoms with E-state index in [4.69, 9.17) is 5.11 Å². The maximum atomic E-state index is 13.4. The number of alkyl halides is 4. The molecule has 0 aromatic heterocycles. The number of aliphatic carboxylic acids is 1. The molecule has 1 amide bonds. The van der Waals surface area contributed by atoms with Gasteiger partial charge in [-0.3, -0.25) is 4.79 Å². The molecule has 0 saturated heterocycles. The fourth-order valence-corrected chi connectivity index (χ4v) is 1.58. The van der Waals surface area contributed by atoms with Crippen LogP contribution in [0.1, 0.15) is 19.3 Å². The van der Waals surface area contributed by atoms with Crippen LogP contribution in [0.3, 0.4) is 0 Å². The van der Waals surface area contributed by atoms with Gasteiger partial charge >= 0.3 is 18.1 Å². The van der Waals surface area contributed by atoms with Crippen molar-refractivity contribution in [2.24, 2.45) is 0 Å². The second-order valence-corrected chi connectivity index (χ2v) is 3.68. The van der Waals surface area contributed by atoms with Crippen molar-refractivity contribution in [1.29, 1.82) is 0 Å². The minimum atomic E-state index is -5.04. The summed E-state index contributed by atoms with van der Waals surface area (Å²) in [5.41, 5.74) is -2.54. The zero-order chi connectivity index (χ0) is 12.6. The van der Waals surface area contributed by atoms with E-state index in [2.05, 4.69) is 0 Å². The Morgan fingerprint density at radius 3 is 2.31 bits per heavy atom. The topological polar surface area (TPSA) is 66.4 Å². The normalized spacial score (nSPS) is 30.1. The van der Waals surface area contributed by atoms with Crippen LogP contribution in [0.2, 0.25) is 0 Å². The Morgan fingerprint density at radius 1 is 1.38 bits per heavy atom. The van der Waals surface area contributed by atoms with Gasteiger partial charge in [0.05, 0.1) is 0 Å². The summed E-state index contributed by atoms with van der Waals surface area (Å²) in [5.74, 6) is -3.89. The number of amides is 1. The first-order valence-electron chi connectivity index (χ1n) is 4.45. The largest absolute Gasteiger partial charge is 0.479 e. The SMILES string of the molecule is O=C(NC1CCC(F)(C(=O)O)C1)C(F)(F)F. The van der Waals surface area contributed by atoms with Gasteiger partial charge in [0.15, 0.2) is 0 Å². The van der Waals surface area contributed by atoms with Gasteiger partial charge in [0.25, 0.3) is 0 Å². The molecule has 2 unspecified atom stereocenters. The smallest absolute Gasteiger partial charge is 0.471 e. The molecule has 0 heterocycles. The summed E-state index contributed by atoms with van der Waals surface area (Å²) in [6.07, 6.45) is -6.19. The summed E-state index contributed by atoms with van der Waals surface area (Å²) in [7, 11) is 0.